The van der Waals surface area contributed by atoms with E-state index in [9.17, 15) is 22.4 Å². The first-order valence-corrected chi connectivity index (χ1v) is 11.6. The molecule has 3 aromatic rings. The molecule has 1 fully saturated rings. The van der Waals surface area contributed by atoms with Crippen LogP contribution in [0.25, 0.3) is 16.7 Å². The van der Waals surface area contributed by atoms with Crippen molar-refractivity contribution in [3.8, 4) is 5.69 Å². The summed E-state index contributed by atoms with van der Waals surface area (Å²) in [6.07, 6.45) is 3.68. The number of nitrogens with zero attached hydrogens (tertiary/aromatic N) is 3. The van der Waals surface area contributed by atoms with E-state index in [1.165, 1.54) is 22.8 Å². The van der Waals surface area contributed by atoms with Gasteiger partial charge in [0, 0.05) is 27.6 Å². The Bertz CT molecular complexity index is 1500. The van der Waals surface area contributed by atoms with Crippen molar-refractivity contribution in [2.45, 2.75) is 50.3 Å². The normalized spacial score (nSPS) is 16.6. The van der Waals surface area contributed by atoms with E-state index >= 15 is 0 Å². The molecule has 10 heteroatoms. The summed E-state index contributed by atoms with van der Waals surface area (Å²) >= 11 is 0. The molecule has 0 bridgehead atoms. The summed E-state index contributed by atoms with van der Waals surface area (Å²) in [5.74, 6) is -0.681. The number of aromatic nitrogens is 3. The number of rotatable bonds is 5. The van der Waals surface area contributed by atoms with E-state index in [-0.39, 0.29) is 44.2 Å². The second kappa shape index (κ2) is 7.66. The number of aryl methyl sites for hydroxylation is 2. The van der Waals surface area contributed by atoms with Crippen LogP contribution in [0.2, 0.25) is 0 Å². The van der Waals surface area contributed by atoms with Crippen LogP contribution in [0.4, 0.5) is 4.39 Å². The van der Waals surface area contributed by atoms with Gasteiger partial charge in [0.05, 0.1) is 10.4 Å². The van der Waals surface area contributed by atoms with Crippen molar-refractivity contribution >= 4 is 21.1 Å². The quantitative estimate of drug-likeness (QED) is 0.322. The Hall–Kier alpha value is -2.25. The molecule has 1 aliphatic carbocycles. The van der Waals surface area contributed by atoms with Crippen LogP contribution in [0, 0.1) is 18.8 Å². The van der Waals surface area contributed by atoms with Gasteiger partial charge in [-0.25, -0.2) is 17.6 Å². The van der Waals surface area contributed by atoms with Crippen molar-refractivity contribution in [2.75, 3.05) is 0 Å². The predicted molar refractivity (Wildman–Crippen MR) is 115 cm³/mol. The molecule has 32 heavy (non-hydrogen) atoms. The summed E-state index contributed by atoms with van der Waals surface area (Å²) in [5, 5.41) is 0. The summed E-state index contributed by atoms with van der Waals surface area (Å²) in [5.41, 5.74) is -0.241. The zero-order valence-corrected chi connectivity index (χ0v) is 21.2. The van der Waals surface area contributed by atoms with Crippen LogP contribution in [-0.2, 0) is 44.1 Å². The molecule has 2 aliphatic rings. The standard InChI is InChI=1S/C22H21FN3O4S.W/c1-3-8-22(9-10-22)31(29,30)26-20-17-5-4-11-24(17)19(27)13-18(20)25(21(26)28)16-7-6-14(2)12-15(16)23;/h3,6-7,12H,1,4-5,8-11H2,2H3;/q-1;. The summed E-state index contributed by atoms with van der Waals surface area (Å²) in [4.78, 5) is 26.2. The molecule has 1 aliphatic heterocycles. The largest absolute Gasteiger partial charge is 0.344 e. The van der Waals surface area contributed by atoms with Crippen LogP contribution in [0.1, 0.15) is 36.9 Å². The van der Waals surface area contributed by atoms with Crippen molar-refractivity contribution in [3.63, 3.8) is 0 Å². The van der Waals surface area contributed by atoms with E-state index in [4.69, 9.17) is 0 Å². The summed E-state index contributed by atoms with van der Waals surface area (Å²) in [7, 11) is -4.14. The van der Waals surface area contributed by atoms with Crippen molar-refractivity contribution in [3.05, 3.63) is 74.8 Å². The fourth-order valence-electron chi connectivity index (χ4n) is 4.57. The van der Waals surface area contributed by atoms with E-state index in [1.54, 1.807) is 13.0 Å². The average molecular weight is 626 g/mol. The fourth-order valence-corrected chi connectivity index (χ4v) is 6.62. The van der Waals surface area contributed by atoms with Crippen LogP contribution in [-0.4, -0.2) is 26.3 Å². The Morgan fingerprint density at radius 2 is 2.00 bits per heavy atom. The van der Waals surface area contributed by atoms with E-state index in [2.05, 4.69) is 12.6 Å². The Morgan fingerprint density at radius 3 is 2.62 bits per heavy atom. The Kier molecular flexibility index (Phi) is 5.49. The van der Waals surface area contributed by atoms with Gasteiger partial charge in [0.1, 0.15) is 5.82 Å². The molecule has 0 amide bonds. The molecule has 1 saturated carbocycles. The molecule has 0 atom stereocenters. The zero-order valence-electron chi connectivity index (χ0n) is 17.4. The smallest absolute Gasteiger partial charge is 0.328 e. The third-order valence-corrected chi connectivity index (χ3v) is 8.83. The van der Waals surface area contributed by atoms with Crippen molar-refractivity contribution in [1.29, 1.82) is 0 Å². The molecule has 0 unspecified atom stereocenters. The number of halogens is 1. The van der Waals surface area contributed by atoms with Gasteiger partial charge in [-0.15, -0.1) is 6.58 Å². The number of hydrogen-bond acceptors (Lipinski definition) is 4. The second-order valence-corrected chi connectivity index (χ2v) is 10.5. The number of fused-ring (bicyclic) bond motifs is 3. The number of allylic oxidation sites excluding steroid dienone is 1. The van der Waals surface area contributed by atoms with Crippen LogP contribution < -0.4 is 11.2 Å². The first-order chi connectivity index (χ1) is 14.7. The SMILES string of the molecule is C=CCC1(S(=O)(=O)n2c(=O)n(-c3ccc(C)cc3F)c3[c-]c(=O)n4c(c32)CCC4)CC1.[W]. The molecule has 2 aromatic heterocycles. The monoisotopic (exact) mass is 626 g/mol. The summed E-state index contributed by atoms with van der Waals surface area (Å²) in [6.45, 7) is 5.80. The van der Waals surface area contributed by atoms with E-state index in [1.807, 2.05) is 0 Å². The molecule has 5 rings (SSSR count). The molecule has 0 N–H and O–H groups in total. The number of imidazole rings is 1. The zero-order chi connectivity index (χ0) is 22.1. The predicted octanol–water partition coefficient (Wildman–Crippen LogP) is 2.43. The molecular formula is C22H21FN3O4SW-. The van der Waals surface area contributed by atoms with E-state index in [0.29, 0.717) is 43.5 Å². The van der Waals surface area contributed by atoms with Gasteiger partial charge < -0.3 is 4.57 Å². The second-order valence-electron chi connectivity index (χ2n) is 8.35. The Morgan fingerprint density at radius 1 is 1.28 bits per heavy atom. The van der Waals surface area contributed by atoms with Crippen LogP contribution in [0.15, 0.2) is 40.4 Å². The van der Waals surface area contributed by atoms with Gasteiger partial charge in [0.15, 0.2) is 5.56 Å². The summed E-state index contributed by atoms with van der Waals surface area (Å²) < 4.78 is 44.4. The number of hydrogen-bond donors (Lipinski definition) is 0. The van der Waals surface area contributed by atoms with Crippen LogP contribution in [0.5, 0.6) is 0 Å². The first-order valence-electron chi connectivity index (χ1n) is 10.2. The topological polar surface area (TPSA) is 83.1 Å². The number of benzene rings is 1. The van der Waals surface area contributed by atoms with Gasteiger partial charge >= 0.3 is 5.69 Å². The third kappa shape index (κ3) is 3.04. The minimum absolute atomic E-state index is 0. The Balaban J connectivity index is 0.00000245. The molecule has 7 nitrogen and oxygen atoms in total. The van der Waals surface area contributed by atoms with Crippen molar-refractivity contribution in [1.82, 2.24) is 13.1 Å². The minimum atomic E-state index is -4.14. The van der Waals surface area contributed by atoms with E-state index in [0.717, 1.165) is 8.54 Å². The van der Waals surface area contributed by atoms with Crippen molar-refractivity contribution in [2.24, 2.45) is 0 Å². The maximum absolute atomic E-state index is 14.9. The summed E-state index contributed by atoms with van der Waals surface area (Å²) in [6, 6.07) is 6.94. The van der Waals surface area contributed by atoms with Gasteiger partial charge in [-0.3, -0.25) is 13.3 Å². The molecule has 1 aromatic carbocycles. The van der Waals surface area contributed by atoms with Crippen LogP contribution in [0.3, 0.4) is 0 Å². The van der Waals surface area contributed by atoms with Gasteiger partial charge in [-0.2, -0.15) is 6.07 Å². The van der Waals surface area contributed by atoms with Crippen molar-refractivity contribution < 1.29 is 33.9 Å². The molecule has 168 valence electrons. The first kappa shape index (κ1) is 22.9. The molecule has 0 radical (unpaired) electrons. The van der Waals surface area contributed by atoms with Gasteiger partial charge in [0.25, 0.3) is 0 Å². The molecule has 0 spiro atoms. The van der Waals surface area contributed by atoms with E-state index < -0.39 is 31.8 Å². The average Bonchev–Trinajstić information content (AvgIpc) is 3.22. The molecule has 0 saturated heterocycles. The Labute approximate surface area is 198 Å². The van der Waals surface area contributed by atoms with Gasteiger partial charge in [-0.05, 0) is 67.9 Å². The minimum Gasteiger partial charge on any atom is -0.344 e. The molecular weight excluding hydrogens is 605 g/mol. The van der Waals surface area contributed by atoms with Gasteiger partial charge in [0.2, 0.25) is 10.0 Å². The van der Waals surface area contributed by atoms with Gasteiger partial charge in [-0.1, -0.05) is 17.7 Å². The maximum atomic E-state index is 14.9. The number of pyridine rings is 1. The van der Waals surface area contributed by atoms with Crippen LogP contribution >= 0.6 is 0 Å². The maximum Gasteiger partial charge on any atom is 0.328 e. The fraction of sp³-hybridized carbons (Fsp3) is 0.364. The third-order valence-electron chi connectivity index (χ3n) is 6.34. The molecule has 3 heterocycles.